The predicted octanol–water partition coefficient (Wildman–Crippen LogP) is 3.76. The molecule has 2 heteroatoms. The van der Waals surface area contributed by atoms with Crippen LogP contribution in [-0.2, 0) is 11.8 Å². The smallest absolute Gasteiger partial charge is 0.855 e. The third-order valence-corrected chi connectivity index (χ3v) is 9.96. The van der Waals surface area contributed by atoms with E-state index < -0.39 is 0 Å². The summed E-state index contributed by atoms with van der Waals surface area (Å²) in [7, 11) is 0. The first kappa shape index (κ1) is 26.2. The Morgan fingerprint density at radius 3 is 2.42 bits per heavy atom. The molecule has 31 heavy (non-hydrogen) atoms. The van der Waals surface area contributed by atoms with E-state index >= 15 is 0 Å². The maximum absolute atomic E-state index is 8.93. The molecule has 0 amide bonds. The van der Waals surface area contributed by atoms with Crippen LogP contribution in [-0.4, -0.2) is 6.61 Å². The van der Waals surface area contributed by atoms with Gasteiger partial charge >= 0.3 is 51.4 Å². The second-order valence-electron chi connectivity index (χ2n) is 11.7. The number of allylic oxidation sites excluding steroid dienone is 2. The van der Waals surface area contributed by atoms with Gasteiger partial charge in [-0.3, -0.25) is 0 Å². The summed E-state index contributed by atoms with van der Waals surface area (Å²) in [5.74, 6) is 2.79. The maximum atomic E-state index is 8.93. The molecule has 166 valence electrons. The normalized spacial score (nSPS) is 40.5. The third kappa shape index (κ3) is 4.25. The fraction of sp³-hybridized carbons (Fsp3) is 0.724. The zero-order valence-corrected chi connectivity index (χ0v) is 24.4. The first-order chi connectivity index (χ1) is 14.2. The minimum absolute atomic E-state index is 0. The minimum Gasteiger partial charge on any atom is -0.855 e. The van der Waals surface area contributed by atoms with E-state index in [4.69, 9.17) is 5.11 Å². The molecule has 1 aromatic rings. The largest absolute Gasteiger partial charge is 1.00 e. The average Bonchev–Trinajstić information content (AvgIpc) is 2.70. The topological polar surface area (TPSA) is 23.1 Å². The van der Waals surface area contributed by atoms with E-state index in [0.717, 1.165) is 24.2 Å². The average molecular weight is 447 g/mol. The molecule has 6 atom stereocenters. The van der Waals surface area contributed by atoms with Crippen molar-refractivity contribution in [3.63, 3.8) is 0 Å². The molecule has 4 aliphatic carbocycles. The van der Waals surface area contributed by atoms with Gasteiger partial charge in [-0.1, -0.05) is 70.9 Å². The van der Waals surface area contributed by atoms with Crippen LogP contribution in [0.5, 0.6) is 0 Å². The second kappa shape index (κ2) is 9.66. The molecule has 0 saturated heterocycles. The van der Waals surface area contributed by atoms with Crippen molar-refractivity contribution >= 4 is 0 Å². The van der Waals surface area contributed by atoms with Crippen LogP contribution in [0.15, 0.2) is 29.8 Å². The fourth-order valence-corrected chi connectivity index (χ4v) is 8.23. The Labute approximate surface area is 234 Å². The van der Waals surface area contributed by atoms with Crippen LogP contribution in [0, 0.1) is 35.5 Å². The number of aryl methyl sites for hydroxylation is 1. The Kier molecular flexibility index (Phi) is 8.16. The van der Waals surface area contributed by atoms with Crippen molar-refractivity contribution in [2.24, 2.45) is 28.6 Å². The summed E-state index contributed by atoms with van der Waals surface area (Å²) in [6, 6.07) is 7.07. The van der Waals surface area contributed by atoms with Gasteiger partial charge in [-0.15, -0.1) is 6.61 Å². The van der Waals surface area contributed by atoms with Crippen molar-refractivity contribution in [2.75, 3.05) is 6.61 Å². The molecule has 5 rings (SSSR count). The molecule has 0 aromatic heterocycles. The van der Waals surface area contributed by atoms with Crippen molar-refractivity contribution in [3.8, 4) is 0 Å². The van der Waals surface area contributed by atoms with E-state index in [2.05, 4.69) is 58.9 Å². The molecular formula is C29H43KO. The minimum atomic E-state index is 0. The Balaban J connectivity index is 0.000000645. The summed E-state index contributed by atoms with van der Waals surface area (Å²) < 4.78 is 0. The van der Waals surface area contributed by atoms with Crippen LogP contribution in [0.4, 0.5) is 0 Å². The quantitative estimate of drug-likeness (QED) is 0.440. The van der Waals surface area contributed by atoms with E-state index in [0.29, 0.717) is 10.8 Å². The number of rotatable bonds is 0. The summed E-state index contributed by atoms with van der Waals surface area (Å²) in [6.45, 7) is 14.3. The predicted molar refractivity (Wildman–Crippen MR) is 126 cm³/mol. The zero-order valence-electron chi connectivity index (χ0n) is 21.3. The van der Waals surface area contributed by atoms with Gasteiger partial charge in [0.15, 0.2) is 0 Å². The van der Waals surface area contributed by atoms with E-state index in [1.54, 1.807) is 18.1 Å². The molecule has 0 heterocycles. The Morgan fingerprint density at radius 2 is 1.71 bits per heavy atom. The molecule has 6 unspecified atom stereocenters. The summed E-state index contributed by atoms with van der Waals surface area (Å²) >= 11 is 0. The molecule has 0 aliphatic heterocycles. The number of hydrogen-bond acceptors (Lipinski definition) is 1. The first-order valence-electron chi connectivity index (χ1n) is 12.6. The fourth-order valence-electron chi connectivity index (χ4n) is 8.23. The van der Waals surface area contributed by atoms with Gasteiger partial charge in [-0.05, 0) is 97.1 Å². The Morgan fingerprint density at radius 1 is 1.00 bits per heavy atom. The summed E-state index contributed by atoms with van der Waals surface area (Å²) in [5.41, 5.74) is 7.92. The van der Waals surface area contributed by atoms with Gasteiger partial charge in [-0.2, -0.15) is 0 Å². The van der Waals surface area contributed by atoms with Crippen LogP contribution in [0.3, 0.4) is 0 Å². The number of hydrogen-bond donors (Lipinski definition) is 0. The molecule has 0 radical (unpaired) electrons. The van der Waals surface area contributed by atoms with E-state index in [9.17, 15) is 0 Å². The van der Waals surface area contributed by atoms with Gasteiger partial charge in [0, 0.05) is 5.41 Å². The molecule has 1 nitrogen and oxygen atoms in total. The standard InChI is InChI=1S/C27H38.C2H5O.K/c1-18-11-13-25(3)15-16-27(5)22(23(25)17-18)12-14-26(4)21-8-6-7-19(2)20(21)9-10-24(26)27;1-2-3;/h6-8,10,18,22-23H,9,11-17H2,1-5H3;2H2,1H3;/q;-1;+1. The van der Waals surface area contributed by atoms with Gasteiger partial charge < -0.3 is 5.11 Å². The molecule has 0 bridgehead atoms. The third-order valence-electron chi connectivity index (χ3n) is 9.96. The van der Waals surface area contributed by atoms with Crippen LogP contribution >= 0.6 is 0 Å². The van der Waals surface area contributed by atoms with Crippen molar-refractivity contribution in [1.29, 1.82) is 0 Å². The molecule has 4 aliphatic rings. The van der Waals surface area contributed by atoms with Crippen LogP contribution in [0.2, 0.25) is 0 Å². The molecule has 0 spiro atoms. The first-order valence-corrected chi connectivity index (χ1v) is 12.6. The summed E-state index contributed by atoms with van der Waals surface area (Å²) in [5, 5.41) is 8.93. The molecule has 0 N–H and O–H groups in total. The van der Waals surface area contributed by atoms with Gasteiger partial charge in [0.05, 0.1) is 0 Å². The van der Waals surface area contributed by atoms with E-state index in [-0.39, 0.29) is 63.4 Å². The van der Waals surface area contributed by atoms with Crippen molar-refractivity contribution < 1.29 is 56.5 Å². The molecule has 3 fully saturated rings. The molecule has 1 aromatic carbocycles. The number of benzene rings is 1. The van der Waals surface area contributed by atoms with Gasteiger partial charge in [0.25, 0.3) is 0 Å². The van der Waals surface area contributed by atoms with Crippen LogP contribution < -0.4 is 56.5 Å². The van der Waals surface area contributed by atoms with E-state index in [1.165, 1.54) is 50.5 Å². The molecule has 3 saturated carbocycles. The van der Waals surface area contributed by atoms with Gasteiger partial charge in [0.1, 0.15) is 0 Å². The Bertz CT molecular complexity index is 828. The van der Waals surface area contributed by atoms with E-state index in [1.807, 2.05) is 5.57 Å². The van der Waals surface area contributed by atoms with Crippen molar-refractivity contribution in [3.05, 3.63) is 46.5 Å². The summed E-state index contributed by atoms with van der Waals surface area (Å²) in [4.78, 5) is 0. The molecular weight excluding hydrogens is 403 g/mol. The van der Waals surface area contributed by atoms with Gasteiger partial charge in [-0.25, -0.2) is 0 Å². The summed E-state index contributed by atoms with van der Waals surface area (Å²) in [6.07, 6.45) is 13.9. The zero-order chi connectivity index (χ0) is 21.7. The Hall–Kier alpha value is 0.556. The van der Waals surface area contributed by atoms with Crippen LogP contribution in [0.1, 0.15) is 96.3 Å². The van der Waals surface area contributed by atoms with Gasteiger partial charge in [0.2, 0.25) is 0 Å². The van der Waals surface area contributed by atoms with Crippen molar-refractivity contribution in [2.45, 2.75) is 98.3 Å². The number of fused-ring (bicyclic) bond motifs is 7. The SMILES string of the molecule is CC[O-].Cc1cccc2c1CC=C1C2(C)CCC2C3CC(C)CCC3(C)CCC12C.[K+]. The van der Waals surface area contributed by atoms with Crippen LogP contribution in [0.25, 0.3) is 0 Å². The second-order valence-corrected chi connectivity index (χ2v) is 11.7. The monoisotopic (exact) mass is 446 g/mol. The van der Waals surface area contributed by atoms with Crippen molar-refractivity contribution in [1.82, 2.24) is 0 Å². The maximum Gasteiger partial charge on any atom is 1.00 e.